The van der Waals surface area contributed by atoms with E-state index in [1.165, 1.54) is 0 Å². The van der Waals surface area contributed by atoms with Crippen LogP contribution >= 0.6 is 11.6 Å². The van der Waals surface area contributed by atoms with Gasteiger partial charge in [-0.1, -0.05) is 11.6 Å². The molecule has 0 atom stereocenters. The minimum atomic E-state index is -5.08. The van der Waals surface area contributed by atoms with Crippen LogP contribution in [0.25, 0.3) is 11.0 Å². The van der Waals surface area contributed by atoms with E-state index in [0.717, 1.165) is 41.1 Å². The highest BCUT2D eigenvalue weighted by molar-refractivity contribution is 6.30. The summed E-state index contributed by atoms with van der Waals surface area (Å²) in [6, 6.07) is 7.78. The molecule has 2 N–H and O–H groups in total. The smallest absolute Gasteiger partial charge is 0.475 e. The Hall–Kier alpha value is -3.67. The number of aliphatic carboxylic acids is 1. The molecule has 3 heterocycles. The highest BCUT2D eigenvalue weighted by atomic mass is 35.5. The van der Waals surface area contributed by atoms with Gasteiger partial charge < -0.3 is 20.2 Å². The van der Waals surface area contributed by atoms with E-state index in [9.17, 15) is 18.0 Å². The first-order valence-electron chi connectivity index (χ1n) is 11.5. The van der Waals surface area contributed by atoms with Gasteiger partial charge in [0.25, 0.3) is 5.91 Å². The topological polar surface area (TPSA) is 112 Å². The average Bonchev–Trinajstić information content (AvgIpc) is 3.67. The number of amides is 1. The zero-order chi connectivity index (χ0) is 26.7. The summed E-state index contributed by atoms with van der Waals surface area (Å²) in [7, 11) is 0. The number of carbonyl (C=O) groups is 2. The Kier molecular flexibility index (Phi) is 7.67. The summed E-state index contributed by atoms with van der Waals surface area (Å²) < 4.78 is 31.7. The fourth-order valence-corrected chi connectivity index (χ4v) is 4.02. The lowest BCUT2D eigenvalue weighted by molar-refractivity contribution is -0.192. The molecule has 1 amide bonds. The summed E-state index contributed by atoms with van der Waals surface area (Å²) in [5.41, 5.74) is 3.23. The lowest BCUT2D eigenvalue weighted by atomic mass is 10.1. The molecule has 13 heteroatoms. The van der Waals surface area contributed by atoms with Crippen LogP contribution in [0.15, 0.2) is 36.7 Å². The van der Waals surface area contributed by atoms with Crippen molar-refractivity contribution in [2.24, 2.45) is 0 Å². The van der Waals surface area contributed by atoms with E-state index < -0.39 is 12.1 Å². The zero-order valence-electron chi connectivity index (χ0n) is 19.8. The summed E-state index contributed by atoms with van der Waals surface area (Å²) >= 11 is 6.04. The van der Waals surface area contributed by atoms with Crippen molar-refractivity contribution in [3.63, 3.8) is 0 Å². The number of carboxylic acid groups (broad SMARTS) is 1. The second-order valence-electron chi connectivity index (χ2n) is 8.72. The molecular weight excluding hydrogens is 513 g/mol. The van der Waals surface area contributed by atoms with Gasteiger partial charge in [-0.25, -0.2) is 14.8 Å². The van der Waals surface area contributed by atoms with Crippen LogP contribution in [0.5, 0.6) is 0 Å². The molecule has 3 aromatic rings. The number of rotatable bonds is 4. The molecule has 0 unspecified atom stereocenters. The second kappa shape index (κ2) is 10.8. The van der Waals surface area contributed by atoms with Crippen molar-refractivity contribution in [3.8, 4) is 0 Å². The van der Waals surface area contributed by atoms with E-state index in [1.807, 2.05) is 30.0 Å². The molecule has 1 aliphatic heterocycles. The van der Waals surface area contributed by atoms with Gasteiger partial charge in [0.05, 0.1) is 11.7 Å². The summed E-state index contributed by atoms with van der Waals surface area (Å²) in [4.78, 5) is 39.8. The largest absolute Gasteiger partial charge is 0.490 e. The predicted molar refractivity (Wildman–Crippen MR) is 132 cm³/mol. The minimum absolute atomic E-state index is 0.0499. The van der Waals surface area contributed by atoms with Crippen molar-refractivity contribution in [3.05, 3.63) is 52.8 Å². The average molecular weight is 537 g/mol. The number of carboxylic acids is 1. The van der Waals surface area contributed by atoms with Gasteiger partial charge in [0.15, 0.2) is 11.6 Å². The van der Waals surface area contributed by atoms with Crippen molar-refractivity contribution in [1.82, 2.24) is 19.9 Å². The molecule has 1 saturated heterocycles. The predicted octanol–water partition coefficient (Wildman–Crippen LogP) is 4.16. The second-order valence-corrected chi connectivity index (χ2v) is 9.16. The third kappa shape index (κ3) is 6.56. The molecule has 0 radical (unpaired) electrons. The molecule has 2 aromatic heterocycles. The van der Waals surface area contributed by atoms with Crippen molar-refractivity contribution in [2.75, 3.05) is 36.4 Å². The molecule has 2 aliphatic rings. The van der Waals surface area contributed by atoms with Gasteiger partial charge in [-0.3, -0.25) is 9.78 Å². The Labute approximate surface area is 215 Å². The van der Waals surface area contributed by atoms with Crippen LogP contribution in [-0.2, 0) is 4.79 Å². The van der Waals surface area contributed by atoms with E-state index in [2.05, 4.69) is 15.2 Å². The van der Waals surface area contributed by atoms with Crippen LogP contribution in [-0.4, -0.2) is 75.2 Å². The lowest BCUT2D eigenvalue weighted by Crippen LogP contribution is -2.49. The maximum Gasteiger partial charge on any atom is 0.490 e. The van der Waals surface area contributed by atoms with Crippen molar-refractivity contribution in [1.29, 1.82) is 0 Å². The number of fused-ring (bicyclic) bond motifs is 1. The highest BCUT2D eigenvalue weighted by Crippen LogP contribution is 2.31. The molecule has 5 rings (SSSR count). The van der Waals surface area contributed by atoms with E-state index in [-0.39, 0.29) is 5.91 Å². The fraction of sp³-hybridized carbons (Fsp3) is 0.375. The molecular formula is C24H24ClF3N6O3. The first kappa shape index (κ1) is 26.4. The van der Waals surface area contributed by atoms with Crippen LogP contribution in [0.1, 0.15) is 28.8 Å². The number of pyridine rings is 1. The number of nitrogens with one attached hydrogen (secondary N) is 1. The monoisotopic (exact) mass is 536 g/mol. The van der Waals surface area contributed by atoms with Gasteiger partial charge in [0, 0.05) is 49.0 Å². The molecule has 37 heavy (non-hydrogen) atoms. The minimum Gasteiger partial charge on any atom is -0.475 e. The number of aromatic nitrogens is 3. The van der Waals surface area contributed by atoms with E-state index in [0.29, 0.717) is 42.8 Å². The lowest BCUT2D eigenvalue weighted by Gasteiger charge is -2.36. The number of hydrogen-bond acceptors (Lipinski definition) is 7. The number of aryl methyl sites for hydroxylation is 1. The van der Waals surface area contributed by atoms with E-state index in [1.54, 1.807) is 18.5 Å². The molecule has 0 spiro atoms. The quantitative estimate of drug-likeness (QED) is 0.511. The normalized spacial score (nSPS) is 15.7. The number of hydrogen-bond donors (Lipinski definition) is 2. The summed E-state index contributed by atoms with van der Waals surface area (Å²) in [6.07, 6.45) is 0.729. The van der Waals surface area contributed by atoms with E-state index in [4.69, 9.17) is 31.5 Å². The summed E-state index contributed by atoms with van der Waals surface area (Å²) in [5, 5.41) is 11.3. The number of piperazine rings is 1. The Balaban J connectivity index is 0.000000405. The number of carbonyl (C=O) groups excluding carboxylic acids is 1. The maximum absolute atomic E-state index is 13.0. The molecule has 1 aliphatic carbocycles. The zero-order valence-corrected chi connectivity index (χ0v) is 20.6. The molecule has 1 saturated carbocycles. The summed E-state index contributed by atoms with van der Waals surface area (Å²) in [6.45, 7) is 4.60. The van der Waals surface area contributed by atoms with Crippen molar-refractivity contribution in [2.45, 2.75) is 32.0 Å². The SMILES string of the molecule is Cc1cc(Cl)ccc1C(=O)N1CCN(c2nc3cnccc3nc2NC2CC2)CC1.O=C(O)C(F)(F)F. The fourth-order valence-electron chi connectivity index (χ4n) is 3.79. The standard InChI is InChI=1S/C22H23ClN6O.C2HF3O2/c1-14-12-15(23)2-5-17(14)22(30)29-10-8-28(9-11-29)21-20(25-16-3-4-16)26-18-6-7-24-13-19(18)27-21;3-2(4,5)1(6)7/h2,5-7,12-13,16H,3-4,8-11H2,1H3,(H,25,26);(H,6,7). The van der Waals surface area contributed by atoms with Gasteiger partial charge in [-0.2, -0.15) is 13.2 Å². The highest BCUT2D eigenvalue weighted by Gasteiger charge is 2.38. The van der Waals surface area contributed by atoms with Gasteiger partial charge in [-0.15, -0.1) is 0 Å². The maximum atomic E-state index is 13.0. The Morgan fingerprint density at radius 2 is 1.76 bits per heavy atom. The summed E-state index contributed by atoms with van der Waals surface area (Å²) in [5.74, 6) is -1.04. The van der Waals surface area contributed by atoms with Crippen molar-refractivity contribution >= 4 is 46.1 Å². The number of halogens is 4. The van der Waals surface area contributed by atoms with Gasteiger partial charge in [0.1, 0.15) is 5.52 Å². The number of anilines is 2. The van der Waals surface area contributed by atoms with Gasteiger partial charge in [-0.05, 0) is 49.6 Å². The van der Waals surface area contributed by atoms with Crippen LogP contribution < -0.4 is 10.2 Å². The molecule has 0 bridgehead atoms. The van der Waals surface area contributed by atoms with Crippen LogP contribution in [0.2, 0.25) is 5.02 Å². The third-order valence-electron chi connectivity index (χ3n) is 5.89. The number of alkyl halides is 3. The molecule has 1 aromatic carbocycles. The molecule has 196 valence electrons. The van der Waals surface area contributed by atoms with Crippen LogP contribution in [0, 0.1) is 6.92 Å². The van der Waals surface area contributed by atoms with Crippen LogP contribution in [0.3, 0.4) is 0 Å². The van der Waals surface area contributed by atoms with Crippen LogP contribution in [0.4, 0.5) is 24.8 Å². The number of nitrogens with zero attached hydrogens (tertiary/aromatic N) is 5. The molecule has 2 fully saturated rings. The Bertz CT molecular complexity index is 1310. The third-order valence-corrected chi connectivity index (χ3v) is 6.13. The Morgan fingerprint density at radius 1 is 1.08 bits per heavy atom. The van der Waals surface area contributed by atoms with Crippen molar-refractivity contribution < 1.29 is 27.9 Å². The van der Waals surface area contributed by atoms with Gasteiger partial charge in [0.2, 0.25) is 0 Å². The molecule has 9 nitrogen and oxygen atoms in total. The number of benzene rings is 1. The Morgan fingerprint density at radius 3 is 2.35 bits per heavy atom. The van der Waals surface area contributed by atoms with Gasteiger partial charge >= 0.3 is 12.1 Å². The van der Waals surface area contributed by atoms with E-state index >= 15 is 0 Å². The first-order valence-corrected chi connectivity index (χ1v) is 11.9. The first-order chi connectivity index (χ1) is 17.5.